The van der Waals surface area contributed by atoms with Crippen LogP contribution in [0.25, 0.3) is 0 Å². The van der Waals surface area contributed by atoms with Crippen molar-refractivity contribution in [1.82, 2.24) is 0 Å². The number of aliphatic hydroxyl groups excluding tert-OH is 1. The number of aliphatic hydroxyl groups is 1. The molecular formula is C15H26O7. The van der Waals surface area contributed by atoms with Crippen molar-refractivity contribution in [3.8, 4) is 0 Å². The van der Waals surface area contributed by atoms with Gasteiger partial charge in [-0.3, -0.25) is 0 Å². The molecule has 5 atom stereocenters. The van der Waals surface area contributed by atoms with Crippen molar-refractivity contribution in [2.75, 3.05) is 20.3 Å². The SMILES string of the molecule is CO[C@H]1O[C@H](CO)C[C@@]23OC(C)(C)O[C@H]2COC(C)(C)O[C@@H]13. The lowest BCUT2D eigenvalue weighted by atomic mass is 9.82. The first kappa shape index (κ1) is 16.6. The molecule has 7 heteroatoms. The van der Waals surface area contributed by atoms with Crippen molar-refractivity contribution in [2.24, 2.45) is 0 Å². The highest BCUT2D eigenvalue weighted by atomic mass is 16.8. The lowest BCUT2D eigenvalue weighted by Crippen LogP contribution is -2.64. The third kappa shape index (κ3) is 2.69. The van der Waals surface area contributed by atoms with E-state index in [1.54, 1.807) is 7.11 Å². The molecule has 128 valence electrons. The number of hydrogen-bond acceptors (Lipinski definition) is 7. The van der Waals surface area contributed by atoms with Crippen LogP contribution >= 0.6 is 0 Å². The molecule has 0 amide bonds. The van der Waals surface area contributed by atoms with Crippen molar-refractivity contribution in [1.29, 1.82) is 0 Å². The molecule has 3 rings (SSSR count). The van der Waals surface area contributed by atoms with Crippen molar-refractivity contribution in [3.63, 3.8) is 0 Å². The number of methoxy groups -OCH3 is 1. The molecule has 0 aromatic heterocycles. The van der Waals surface area contributed by atoms with Crippen LogP contribution in [0.15, 0.2) is 0 Å². The van der Waals surface area contributed by atoms with Crippen LogP contribution in [0.2, 0.25) is 0 Å². The Balaban J connectivity index is 2.01. The van der Waals surface area contributed by atoms with Gasteiger partial charge in [0, 0.05) is 13.5 Å². The van der Waals surface area contributed by atoms with Crippen LogP contribution in [0.3, 0.4) is 0 Å². The minimum Gasteiger partial charge on any atom is -0.394 e. The Hall–Kier alpha value is -0.280. The summed E-state index contributed by atoms with van der Waals surface area (Å²) >= 11 is 0. The Bertz CT molecular complexity index is 424. The third-order valence-corrected chi connectivity index (χ3v) is 4.44. The molecule has 7 nitrogen and oxygen atoms in total. The molecule has 0 aliphatic carbocycles. The minimum atomic E-state index is -0.801. The zero-order valence-electron chi connectivity index (χ0n) is 13.8. The van der Waals surface area contributed by atoms with Crippen LogP contribution in [0.5, 0.6) is 0 Å². The zero-order chi connectivity index (χ0) is 16.2. The summed E-state index contributed by atoms with van der Waals surface area (Å²) in [5.74, 6) is -1.56. The standard InChI is InChI=1S/C15H26O7/c1-13(2)18-8-10-15(22-14(3,4)20-10)6-9(7-16)19-12(17-5)11(15)21-13/h9-12,16H,6-8H2,1-5H3/t9-,10-,11-,12-,15+/m0/s1. The first-order valence-electron chi connectivity index (χ1n) is 7.70. The summed E-state index contributed by atoms with van der Waals surface area (Å²) in [4.78, 5) is 0. The van der Waals surface area contributed by atoms with E-state index in [9.17, 15) is 5.11 Å². The van der Waals surface area contributed by atoms with Gasteiger partial charge < -0.3 is 33.5 Å². The molecule has 1 N–H and O–H groups in total. The molecule has 0 aromatic rings. The second-order valence-electron chi connectivity index (χ2n) is 7.06. The van der Waals surface area contributed by atoms with Crippen LogP contribution < -0.4 is 0 Å². The van der Waals surface area contributed by atoms with Gasteiger partial charge in [0.05, 0.1) is 19.3 Å². The maximum atomic E-state index is 9.57. The molecule has 3 aliphatic rings. The highest BCUT2D eigenvalue weighted by molar-refractivity contribution is 5.08. The fourth-order valence-electron chi connectivity index (χ4n) is 3.65. The van der Waals surface area contributed by atoms with Crippen molar-refractivity contribution >= 4 is 0 Å². The van der Waals surface area contributed by atoms with Gasteiger partial charge in [-0.25, -0.2) is 0 Å². The molecule has 3 saturated heterocycles. The molecule has 3 aliphatic heterocycles. The maximum Gasteiger partial charge on any atom is 0.186 e. The largest absolute Gasteiger partial charge is 0.394 e. The van der Waals surface area contributed by atoms with E-state index in [0.29, 0.717) is 13.0 Å². The third-order valence-electron chi connectivity index (χ3n) is 4.44. The Kier molecular flexibility index (Phi) is 4.05. The quantitative estimate of drug-likeness (QED) is 0.806. The molecule has 0 bridgehead atoms. The van der Waals surface area contributed by atoms with Gasteiger partial charge in [-0.2, -0.15) is 0 Å². The highest BCUT2D eigenvalue weighted by Gasteiger charge is 2.65. The summed E-state index contributed by atoms with van der Waals surface area (Å²) in [6.45, 7) is 7.65. The first-order valence-corrected chi connectivity index (χ1v) is 7.70. The fourth-order valence-corrected chi connectivity index (χ4v) is 3.65. The molecule has 3 heterocycles. The lowest BCUT2D eigenvalue weighted by Gasteiger charge is -2.48. The van der Waals surface area contributed by atoms with Crippen LogP contribution in [0.1, 0.15) is 34.1 Å². The molecule has 22 heavy (non-hydrogen) atoms. The Morgan fingerprint density at radius 3 is 2.50 bits per heavy atom. The normalized spacial score (nSPS) is 46.6. The monoisotopic (exact) mass is 318 g/mol. The van der Waals surface area contributed by atoms with E-state index in [1.807, 2.05) is 27.7 Å². The van der Waals surface area contributed by atoms with Crippen LogP contribution in [0, 0.1) is 0 Å². The van der Waals surface area contributed by atoms with E-state index in [1.165, 1.54) is 0 Å². The van der Waals surface area contributed by atoms with E-state index >= 15 is 0 Å². The lowest BCUT2D eigenvalue weighted by molar-refractivity contribution is -0.347. The molecule has 1 spiro atoms. The average Bonchev–Trinajstić information content (AvgIpc) is 2.63. The van der Waals surface area contributed by atoms with E-state index < -0.39 is 35.7 Å². The zero-order valence-corrected chi connectivity index (χ0v) is 13.8. The highest BCUT2D eigenvalue weighted by Crippen LogP contribution is 2.49. The predicted molar refractivity (Wildman–Crippen MR) is 75.0 cm³/mol. The number of ether oxygens (including phenoxy) is 6. The minimum absolute atomic E-state index is 0.116. The van der Waals surface area contributed by atoms with Crippen molar-refractivity contribution in [3.05, 3.63) is 0 Å². The average molecular weight is 318 g/mol. The van der Waals surface area contributed by atoms with Crippen LogP contribution in [-0.2, 0) is 28.4 Å². The molecule has 0 radical (unpaired) electrons. The second-order valence-corrected chi connectivity index (χ2v) is 7.06. The summed E-state index contributed by atoms with van der Waals surface area (Å²) in [5.41, 5.74) is -0.774. The second kappa shape index (κ2) is 5.37. The van der Waals surface area contributed by atoms with Gasteiger partial charge >= 0.3 is 0 Å². The molecule has 3 fully saturated rings. The fraction of sp³-hybridized carbons (Fsp3) is 1.00. The Morgan fingerprint density at radius 2 is 1.86 bits per heavy atom. The molecule has 0 unspecified atom stereocenters. The van der Waals surface area contributed by atoms with Gasteiger partial charge in [0.2, 0.25) is 0 Å². The van der Waals surface area contributed by atoms with Crippen molar-refractivity contribution < 1.29 is 33.5 Å². The first-order chi connectivity index (χ1) is 10.2. The molecule has 0 aromatic carbocycles. The van der Waals surface area contributed by atoms with Gasteiger partial charge in [-0.05, 0) is 27.7 Å². The molecular weight excluding hydrogens is 292 g/mol. The Morgan fingerprint density at radius 1 is 1.14 bits per heavy atom. The van der Waals surface area contributed by atoms with E-state index in [2.05, 4.69) is 0 Å². The summed E-state index contributed by atoms with van der Waals surface area (Å²) in [5, 5.41) is 9.57. The smallest absolute Gasteiger partial charge is 0.186 e. The number of hydrogen-bond donors (Lipinski definition) is 1. The summed E-state index contributed by atoms with van der Waals surface area (Å²) in [6.07, 6.45) is -1.42. The summed E-state index contributed by atoms with van der Waals surface area (Å²) < 4.78 is 35.6. The van der Waals surface area contributed by atoms with E-state index in [4.69, 9.17) is 28.4 Å². The van der Waals surface area contributed by atoms with Gasteiger partial charge in [0.25, 0.3) is 0 Å². The van der Waals surface area contributed by atoms with Crippen LogP contribution in [-0.4, -0.2) is 67.2 Å². The predicted octanol–water partition coefficient (Wildman–Crippen LogP) is 0.782. The van der Waals surface area contributed by atoms with Gasteiger partial charge in [-0.1, -0.05) is 0 Å². The van der Waals surface area contributed by atoms with E-state index in [0.717, 1.165) is 0 Å². The van der Waals surface area contributed by atoms with Gasteiger partial charge in [0.1, 0.15) is 17.8 Å². The Labute approximate surface area is 130 Å². The summed E-state index contributed by atoms with van der Waals surface area (Å²) in [7, 11) is 1.55. The number of rotatable bonds is 2. The van der Waals surface area contributed by atoms with Gasteiger partial charge in [-0.15, -0.1) is 0 Å². The maximum absolute atomic E-state index is 9.57. The van der Waals surface area contributed by atoms with Crippen LogP contribution in [0.4, 0.5) is 0 Å². The van der Waals surface area contributed by atoms with E-state index in [-0.39, 0.29) is 12.7 Å². The van der Waals surface area contributed by atoms with Crippen molar-refractivity contribution in [2.45, 2.75) is 75.9 Å². The topological polar surface area (TPSA) is 75.6 Å². The summed E-state index contributed by atoms with van der Waals surface area (Å²) in [6, 6.07) is 0. The molecule has 0 saturated carbocycles. The van der Waals surface area contributed by atoms with Gasteiger partial charge in [0.15, 0.2) is 17.9 Å².